The van der Waals surface area contributed by atoms with E-state index in [4.69, 9.17) is 4.74 Å². The molecule has 1 aliphatic heterocycles. The lowest BCUT2D eigenvalue weighted by Gasteiger charge is -2.00. The molecule has 2 aromatic rings. The number of nitrogens with zero attached hydrogens (tertiary/aromatic N) is 2. The number of carbonyl (C=O) groups is 1. The summed E-state index contributed by atoms with van der Waals surface area (Å²) in [6.45, 7) is 0. The van der Waals surface area contributed by atoms with E-state index in [1.165, 1.54) is 11.3 Å². The highest BCUT2D eigenvalue weighted by Gasteiger charge is 2.30. The minimum Gasteiger partial charge on any atom is -0.419 e. The Labute approximate surface area is 107 Å². The molecule has 0 amide bonds. The van der Waals surface area contributed by atoms with E-state index in [0.717, 1.165) is 5.56 Å². The lowest BCUT2D eigenvalue weighted by molar-refractivity contribution is 0.0716. The Kier molecular flexibility index (Phi) is 2.43. The average Bonchev–Trinajstić information content (AvgIpc) is 3.01. The monoisotopic (exact) mass is 254 g/mol. The van der Waals surface area contributed by atoms with Crippen LogP contribution >= 0.6 is 11.3 Å². The number of fused-ring (bicyclic) bond motifs is 1. The molecule has 4 nitrogen and oxygen atoms in total. The molecule has 0 saturated carbocycles. The van der Waals surface area contributed by atoms with Crippen molar-refractivity contribution in [2.45, 2.75) is 0 Å². The van der Waals surface area contributed by atoms with Crippen LogP contribution in [0.4, 0.5) is 0 Å². The number of hydrogen-bond donors (Lipinski definition) is 0. The summed E-state index contributed by atoms with van der Waals surface area (Å²) in [6.07, 6.45) is 1.57. The van der Waals surface area contributed by atoms with Crippen LogP contribution in [0, 0.1) is 11.3 Å². The van der Waals surface area contributed by atoms with Crippen molar-refractivity contribution >= 4 is 28.6 Å². The number of aromatic nitrogens is 1. The molecule has 3 heterocycles. The van der Waals surface area contributed by atoms with Gasteiger partial charge in [-0.2, -0.15) is 16.6 Å². The van der Waals surface area contributed by atoms with E-state index in [1.807, 2.05) is 16.8 Å². The SMILES string of the molecule is N#C/C(=C1\OC(=O)c2cccnc21)c1ccsc1. The van der Waals surface area contributed by atoms with Gasteiger partial charge in [-0.1, -0.05) is 0 Å². The van der Waals surface area contributed by atoms with Crippen molar-refractivity contribution in [1.29, 1.82) is 5.26 Å². The fourth-order valence-electron chi connectivity index (χ4n) is 1.77. The van der Waals surface area contributed by atoms with Crippen molar-refractivity contribution in [1.82, 2.24) is 4.98 Å². The fraction of sp³-hybridized carbons (Fsp3) is 0. The number of nitriles is 1. The van der Waals surface area contributed by atoms with Crippen LogP contribution in [0.5, 0.6) is 0 Å². The molecule has 0 spiro atoms. The number of pyridine rings is 1. The highest BCUT2D eigenvalue weighted by molar-refractivity contribution is 7.08. The van der Waals surface area contributed by atoms with E-state index in [1.54, 1.807) is 18.3 Å². The maximum Gasteiger partial charge on any atom is 0.346 e. The van der Waals surface area contributed by atoms with Crippen molar-refractivity contribution in [3.63, 3.8) is 0 Å². The second-order valence-electron chi connectivity index (χ2n) is 3.62. The largest absolute Gasteiger partial charge is 0.419 e. The highest BCUT2D eigenvalue weighted by atomic mass is 32.1. The van der Waals surface area contributed by atoms with Crippen LogP contribution in [-0.2, 0) is 4.74 Å². The summed E-state index contributed by atoms with van der Waals surface area (Å²) < 4.78 is 5.17. The van der Waals surface area contributed by atoms with Crippen molar-refractivity contribution < 1.29 is 9.53 Å². The number of ether oxygens (including phenoxy) is 1. The van der Waals surface area contributed by atoms with Crippen LogP contribution in [0.3, 0.4) is 0 Å². The summed E-state index contributed by atoms with van der Waals surface area (Å²) in [6, 6.07) is 7.19. The molecule has 0 aromatic carbocycles. The van der Waals surface area contributed by atoms with E-state index in [2.05, 4.69) is 11.1 Å². The first-order valence-electron chi connectivity index (χ1n) is 5.16. The first kappa shape index (κ1) is 10.7. The summed E-state index contributed by atoms with van der Waals surface area (Å²) >= 11 is 1.48. The van der Waals surface area contributed by atoms with Crippen LogP contribution in [0.25, 0.3) is 11.3 Å². The van der Waals surface area contributed by atoms with Crippen molar-refractivity contribution in [2.24, 2.45) is 0 Å². The van der Waals surface area contributed by atoms with Crippen molar-refractivity contribution in [3.05, 3.63) is 52.0 Å². The third-order valence-corrected chi connectivity index (χ3v) is 3.27. The van der Waals surface area contributed by atoms with Gasteiger partial charge < -0.3 is 4.74 Å². The predicted molar refractivity (Wildman–Crippen MR) is 66.4 cm³/mol. The molecule has 86 valence electrons. The molecule has 18 heavy (non-hydrogen) atoms. The second-order valence-corrected chi connectivity index (χ2v) is 4.40. The Bertz CT molecular complexity index is 696. The predicted octanol–water partition coefficient (Wildman–Crippen LogP) is 2.71. The molecule has 0 fully saturated rings. The van der Waals surface area contributed by atoms with Crippen LogP contribution in [-0.4, -0.2) is 11.0 Å². The lowest BCUT2D eigenvalue weighted by atomic mass is 10.1. The van der Waals surface area contributed by atoms with E-state index in [9.17, 15) is 10.1 Å². The molecule has 1 aliphatic rings. The van der Waals surface area contributed by atoms with E-state index >= 15 is 0 Å². The summed E-state index contributed by atoms with van der Waals surface area (Å²) in [7, 11) is 0. The van der Waals surface area contributed by atoms with Gasteiger partial charge in [-0.3, -0.25) is 4.98 Å². The zero-order chi connectivity index (χ0) is 12.5. The first-order valence-corrected chi connectivity index (χ1v) is 6.10. The molecule has 0 atom stereocenters. The second kappa shape index (κ2) is 4.09. The Balaban J connectivity index is 2.25. The van der Waals surface area contributed by atoms with Gasteiger partial charge in [0.15, 0.2) is 5.76 Å². The quantitative estimate of drug-likeness (QED) is 0.579. The maximum atomic E-state index is 11.7. The molecule has 3 rings (SSSR count). The summed E-state index contributed by atoms with van der Waals surface area (Å²) in [5.41, 5.74) is 1.91. The van der Waals surface area contributed by atoms with Crippen LogP contribution < -0.4 is 0 Å². The third-order valence-electron chi connectivity index (χ3n) is 2.59. The Hall–Kier alpha value is -2.45. The number of rotatable bonds is 1. The van der Waals surface area contributed by atoms with E-state index in [0.29, 0.717) is 16.8 Å². The third kappa shape index (κ3) is 1.51. The zero-order valence-corrected chi connectivity index (χ0v) is 9.90. The highest BCUT2D eigenvalue weighted by Crippen LogP contribution is 2.34. The van der Waals surface area contributed by atoms with Crippen LogP contribution in [0.1, 0.15) is 21.6 Å². The van der Waals surface area contributed by atoms with Gasteiger partial charge in [-0.15, -0.1) is 0 Å². The van der Waals surface area contributed by atoms with Gasteiger partial charge in [0.25, 0.3) is 0 Å². The molecule has 5 heteroatoms. The van der Waals surface area contributed by atoms with Gasteiger partial charge in [0.1, 0.15) is 17.3 Å². The lowest BCUT2D eigenvalue weighted by Crippen LogP contribution is -1.93. The number of cyclic esters (lactones) is 1. The molecule has 0 unspecified atom stereocenters. The number of allylic oxidation sites excluding steroid dienone is 1. The number of esters is 1. The fourth-order valence-corrected chi connectivity index (χ4v) is 2.42. The van der Waals surface area contributed by atoms with Gasteiger partial charge in [-0.05, 0) is 29.0 Å². The van der Waals surface area contributed by atoms with Gasteiger partial charge in [0.2, 0.25) is 0 Å². The summed E-state index contributed by atoms with van der Waals surface area (Å²) in [5, 5.41) is 12.9. The molecular formula is C13H6N2O2S. The Morgan fingerprint density at radius 1 is 1.44 bits per heavy atom. The molecule has 2 aromatic heterocycles. The van der Waals surface area contributed by atoms with Gasteiger partial charge in [-0.25, -0.2) is 4.79 Å². The molecule has 0 bridgehead atoms. The van der Waals surface area contributed by atoms with Crippen LogP contribution in [0.2, 0.25) is 0 Å². The first-order chi connectivity index (χ1) is 8.81. The smallest absolute Gasteiger partial charge is 0.346 e. The molecule has 0 aliphatic carbocycles. The minimum atomic E-state index is -0.462. The average molecular weight is 254 g/mol. The minimum absolute atomic E-state index is 0.247. The summed E-state index contributed by atoms with van der Waals surface area (Å²) in [4.78, 5) is 15.8. The summed E-state index contributed by atoms with van der Waals surface area (Å²) in [5.74, 6) is -0.215. The van der Waals surface area contributed by atoms with Gasteiger partial charge in [0, 0.05) is 11.8 Å². The van der Waals surface area contributed by atoms with E-state index in [-0.39, 0.29) is 5.76 Å². The zero-order valence-electron chi connectivity index (χ0n) is 9.08. The van der Waals surface area contributed by atoms with E-state index < -0.39 is 5.97 Å². The normalized spacial score (nSPS) is 15.8. The van der Waals surface area contributed by atoms with Crippen LogP contribution in [0.15, 0.2) is 35.2 Å². The number of hydrogen-bond acceptors (Lipinski definition) is 5. The maximum absolute atomic E-state index is 11.7. The number of thiophene rings is 1. The Morgan fingerprint density at radius 3 is 3.06 bits per heavy atom. The molecule has 0 N–H and O–H groups in total. The topological polar surface area (TPSA) is 63.0 Å². The van der Waals surface area contributed by atoms with Crippen molar-refractivity contribution in [2.75, 3.05) is 0 Å². The standard InChI is InChI=1S/C13H6N2O2S/c14-6-10(8-3-5-18-7-8)12-11-9(13(16)17-12)2-1-4-15-11/h1-5,7H/b12-10+. The molecule has 0 saturated heterocycles. The number of carbonyl (C=O) groups excluding carboxylic acids is 1. The Morgan fingerprint density at radius 2 is 2.33 bits per heavy atom. The molecule has 0 radical (unpaired) electrons. The van der Waals surface area contributed by atoms with Gasteiger partial charge in [0.05, 0.1) is 5.56 Å². The van der Waals surface area contributed by atoms with Gasteiger partial charge >= 0.3 is 5.97 Å². The van der Waals surface area contributed by atoms with Crippen molar-refractivity contribution in [3.8, 4) is 6.07 Å². The molecular weight excluding hydrogens is 248 g/mol.